The second kappa shape index (κ2) is 12.5. The van der Waals surface area contributed by atoms with Crippen LogP contribution in [0.3, 0.4) is 0 Å². The lowest BCUT2D eigenvalue weighted by molar-refractivity contribution is -0.123. The van der Waals surface area contributed by atoms with Gasteiger partial charge in [0.15, 0.2) is 5.78 Å². The highest BCUT2D eigenvalue weighted by atomic mass is 32.1. The Hall–Kier alpha value is -2.19. The Bertz CT molecular complexity index is 866. The number of ketones is 1. The van der Waals surface area contributed by atoms with Gasteiger partial charge in [-0.2, -0.15) is 11.3 Å². The van der Waals surface area contributed by atoms with Gasteiger partial charge in [0.25, 0.3) is 0 Å². The molecule has 1 aromatic heterocycles. The molecule has 0 saturated heterocycles. The smallest absolute Gasteiger partial charge is 0.162 e. The summed E-state index contributed by atoms with van der Waals surface area (Å²) in [6.07, 6.45) is 4.46. The number of hydrogen-bond donors (Lipinski definition) is 0. The fourth-order valence-electron chi connectivity index (χ4n) is 2.86. The first-order valence-corrected chi connectivity index (χ1v) is 11.4. The minimum atomic E-state index is 0.0294. The van der Waals surface area contributed by atoms with Crippen LogP contribution in [0.15, 0.2) is 53.2 Å². The second-order valence-electron chi connectivity index (χ2n) is 8.41. The topological polar surface area (TPSA) is 29.5 Å². The van der Waals surface area contributed by atoms with Gasteiger partial charge in [0.05, 0.1) is 6.61 Å². The summed E-state index contributed by atoms with van der Waals surface area (Å²) < 4.78 is 5.54. The van der Waals surface area contributed by atoms with Gasteiger partial charge in [0.2, 0.25) is 0 Å². The van der Waals surface area contributed by atoms with Crippen molar-refractivity contribution < 1.29 is 9.53 Å². The van der Waals surface area contributed by atoms with Crippen LogP contribution in [0.4, 0.5) is 0 Å². The van der Waals surface area contributed by atoms with Crippen LogP contribution in [0, 0.1) is 17.3 Å². The quantitative estimate of drug-likeness (QED) is 0.447. The molecule has 1 heterocycles. The van der Waals surface area contributed by atoms with E-state index in [0.29, 0.717) is 13.0 Å². The molecular weight excluding hydrogens is 390 g/mol. The minimum Gasteiger partial charge on any atom is -0.369 e. The van der Waals surface area contributed by atoms with Crippen LogP contribution in [-0.4, -0.2) is 30.4 Å². The number of thiophene rings is 1. The number of hydrogen-bond acceptors (Lipinski definition) is 4. The number of Topliss-reactive ketones (excluding diaryl/α,β-unsaturated/α-hetero) is 1. The largest absolute Gasteiger partial charge is 0.369 e. The third-order valence-electron chi connectivity index (χ3n) is 4.37. The first-order chi connectivity index (χ1) is 14.4. The number of likely N-dealkylation sites (N-methyl/N-ethyl adjacent to an activating group) is 1. The van der Waals surface area contributed by atoms with Gasteiger partial charge < -0.3 is 4.74 Å². The summed E-state index contributed by atoms with van der Waals surface area (Å²) in [6.45, 7) is 11.8. The zero-order chi connectivity index (χ0) is 21.8. The van der Waals surface area contributed by atoms with Gasteiger partial charge in [-0.1, -0.05) is 49.1 Å². The maximum absolute atomic E-state index is 12.2. The maximum Gasteiger partial charge on any atom is 0.162 e. The summed E-state index contributed by atoms with van der Waals surface area (Å²) in [5, 5.41) is 4.06. The fourth-order valence-corrected chi connectivity index (χ4v) is 3.51. The van der Waals surface area contributed by atoms with Gasteiger partial charge >= 0.3 is 0 Å². The molecule has 0 radical (unpaired) electrons. The van der Waals surface area contributed by atoms with Crippen molar-refractivity contribution in [2.75, 3.05) is 19.7 Å². The zero-order valence-electron chi connectivity index (χ0n) is 18.6. The van der Waals surface area contributed by atoms with Crippen LogP contribution in [-0.2, 0) is 29.1 Å². The van der Waals surface area contributed by atoms with Crippen LogP contribution in [0.2, 0.25) is 0 Å². The highest BCUT2D eigenvalue weighted by Gasteiger charge is 2.07. The molecule has 0 spiro atoms. The maximum atomic E-state index is 12.2. The molecule has 3 nitrogen and oxygen atoms in total. The lowest BCUT2D eigenvalue weighted by Crippen LogP contribution is -2.23. The van der Waals surface area contributed by atoms with E-state index in [2.05, 4.69) is 62.6 Å². The molecule has 0 saturated carbocycles. The van der Waals surface area contributed by atoms with Crippen molar-refractivity contribution in [3.63, 3.8) is 0 Å². The third kappa shape index (κ3) is 10.0. The zero-order valence-corrected chi connectivity index (χ0v) is 19.4. The molecule has 0 aliphatic heterocycles. The van der Waals surface area contributed by atoms with Crippen molar-refractivity contribution in [1.82, 2.24) is 4.90 Å². The van der Waals surface area contributed by atoms with Crippen LogP contribution in [0.1, 0.15) is 44.4 Å². The Kier molecular flexibility index (Phi) is 10.0. The standard InChI is InChI=1S/C26H33NO2S/c1-5-27(14-8-6-7-13-26(2,3)4)18-23-11-9-10-22(16-23)17-25(28)20-29-19-24-12-15-30-21-24/h6,8-12,15-16,21H,5,14,17-20H2,1-4H3/b8-6+. The van der Waals surface area contributed by atoms with E-state index >= 15 is 0 Å². The molecule has 0 aliphatic carbocycles. The Morgan fingerprint density at radius 1 is 1.20 bits per heavy atom. The van der Waals surface area contributed by atoms with Gasteiger partial charge in [-0.3, -0.25) is 9.69 Å². The van der Waals surface area contributed by atoms with E-state index in [9.17, 15) is 4.79 Å². The van der Waals surface area contributed by atoms with Crippen molar-refractivity contribution in [1.29, 1.82) is 0 Å². The SMILES string of the molecule is CCN(C/C=C/C#CC(C)(C)C)Cc1cccc(CC(=O)COCc2ccsc2)c1. The van der Waals surface area contributed by atoms with E-state index in [1.807, 2.05) is 35.0 Å². The number of ether oxygens (including phenoxy) is 1. The summed E-state index contributed by atoms with van der Waals surface area (Å²) >= 11 is 1.64. The predicted octanol–water partition coefficient (Wildman–Crippen LogP) is 5.50. The van der Waals surface area contributed by atoms with Gasteiger partial charge in [-0.15, -0.1) is 0 Å². The summed E-state index contributed by atoms with van der Waals surface area (Å²) in [4.78, 5) is 14.6. The molecule has 0 fully saturated rings. The molecule has 4 heteroatoms. The van der Waals surface area contributed by atoms with E-state index in [1.165, 1.54) is 5.56 Å². The van der Waals surface area contributed by atoms with Crippen LogP contribution >= 0.6 is 11.3 Å². The van der Waals surface area contributed by atoms with Crippen molar-refractivity contribution in [2.45, 2.75) is 47.3 Å². The van der Waals surface area contributed by atoms with E-state index in [-0.39, 0.29) is 17.8 Å². The molecule has 0 amide bonds. The molecule has 0 aliphatic rings. The van der Waals surface area contributed by atoms with Crippen molar-refractivity contribution >= 4 is 17.1 Å². The molecule has 0 atom stereocenters. The number of benzene rings is 1. The van der Waals surface area contributed by atoms with E-state index in [1.54, 1.807) is 11.3 Å². The van der Waals surface area contributed by atoms with E-state index in [0.717, 1.165) is 30.8 Å². The molecule has 1 aromatic carbocycles. The molecule has 0 N–H and O–H groups in total. The summed E-state index contributed by atoms with van der Waals surface area (Å²) in [5.74, 6) is 6.44. The predicted molar refractivity (Wildman–Crippen MR) is 126 cm³/mol. The van der Waals surface area contributed by atoms with Gasteiger partial charge in [-0.25, -0.2) is 0 Å². The Labute approximate surface area is 185 Å². The number of carbonyl (C=O) groups is 1. The number of rotatable bonds is 11. The van der Waals surface area contributed by atoms with Crippen molar-refractivity contribution in [3.05, 3.63) is 69.9 Å². The van der Waals surface area contributed by atoms with Crippen LogP contribution in [0.5, 0.6) is 0 Å². The van der Waals surface area contributed by atoms with Gasteiger partial charge in [-0.05, 0) is 66.9 Å². The molecule has 30 heavy (non-hydrogen) atoms. The van der Waals surface area contributed by atoms with Crippen molar-refractivity contribution in [3.8, 4) is 11.8 Å². The number of allylic oxidation sites excluding steroid dienone is 1. The highest BCUT2D eigenvalue weighted by molar-refractivity contribution is 7.07. The van der Waals surface area contributed by atoms with Crippen LogP contribution in [0.25, 0.3) is 0 Å². The van der Waals surface area contributed by atoms with Crippen LogP contribution < -0.4 is 0 Å². The number of carbonyl (C=O) groups excluding carboxylic acids is 1. The lowest BCUT2D eigenvalue weighted by Gasteiger charge is -2.18. The molecule has 0 unspecified atom stereocenters. The highest BCUT2D eigenvalue weighted by Crippen LogP contribution is 2.11. The fraction of sp³-hybridized carbons (Fsp3) is 0.423. The average molecular weight is 424 g/mol. The summed E-state index contributed by atoms with van der Waals surface area (Å²) in [5.41, 5.74) is 3.41. The van der Waals surface area contributed by atoms with Gasteiger partial charge in [0, 0.05) is 24.9 Å². The lowest BCUT2D eigenvalue weighted by atomic mass is 9.98. The first-order valence-electron chi connectivity index (χ1n) is 10.4. The van der Waals surface area contributed by atoms with E-state index < -0.39 is 0 Å². The second-order valence-corrected chi connectivity index (χ2v) is 9.19. The molecular formula is C26H33NO2S. The Morgan fingerprint density at radius 2 is 2.00 bits per heavy atom. The monoisotopic (exact) mass is 423 g/mol. The summed E-state index contributed by atoms with van der Waals surface area (Å²) in [6, 6.07) is 10.3. The summed E-state index contributed by atoms with van der Waals surface area (Å²) in [7, 11) is 0. The molecule has 160 valence electrons. The molecule has 2 rings (SSSR count). The van der Waals surface area contributed by atoms with Gasteiger partial charge in [0.1, 0.15) is 6.61 Å². The first kappa shape index (κ1) is 24.1. The average Bonchev–Trinajstić information content (AvgIpc) is 3.19. The number of nitrogens with zero attached hydrogens (tertiary/aromatic N) is 1. The van der Waals surface area contributed by atoms with Crippen molar-refractivity contribution in [2.24, 2.45) is 5.41 Å². The Morgan fingerprint density at radius 3 is 2.70 bits per heavy atom. The molecule has 2 aromatic rings. The third-order valence-corrected chi connectivity index (χ3v) is 5.10. The molecule has 0 bridgehead atoms. The minimum absolute atomic E-state index is 0.0294. The normalized spacial score (nSPS) is 11.6. The Balaban J connectivity index is 1.81. The van der Waals surface area contributed by atoms with E-state index in [4.69, 9.17) is 4.74 Å².